The molecule has 168 valence electrons. The molecule has 10 heteroatoms. The Morgan fingerprint density at radius 3 is 1.87 bits per heavy atom. The number of hydrazine groups is 1. The Balaban J connectivity index is 1.85. The number of benzene rings is 2. The molecule has 0 radical (unpaired) electrons. The highest BCUT2D eigenvalue weighted by atomic mass is 32.2. The van der Waals surface area contributed by atoms with Gasteiger partial charge < -0.3 is 4.74 Å². The lowest BCUT2D eigenvalue weighted by Crippen LogP contribution is -2.41. The summed E-state index contributed by atoms with van der Waals surface area (Å²) in [7, 11) is -4.74. The van der Waals surface area contributed by atoms with Gasteiger partial charge in [-0.25, -0.2) is 8.42 Å². The molecule has 0 heterocycles. The molecule has 0 aliphatic rings. The van der Waals surface area contributed by atoms with E-state index in [1.807, 2.05) is 0 Å². The number of ether oxygens (including phenoxy) is 1. The molecule has 2 amide bonds. The Kier molecular flexibility index (Phi) is 8.92. The number of rotatable bonds is 10. The van der Waals surface area contributed by atoms with Gasteiger partial charge in [0.25, 0.3) is 11.8 Å². The average molecular weight is 454 g/mol. The van der Waals surface area contributed by atoms with Gasteiger partial charge in [-0.2, -0.15) is 8.78 Å². The van der Waals surface area contributed by atoms with Gasteiger partial charge in [-0.1, -0.05) is 26.2 Å². The predicted molar refractivity (Wildman–Crippen MR) is 111 cm³/mol. The molecule has 0 spiro atoms. The molecular formula is C21H24F2N2O5S. The van der Waals surface area contributed by atoms with Gasteiger partial charge in [-0.3, -0.25) is 20.4 Å². The number of alkyl halides is 2. The Labute approximate surface area is 179 Å². The van der Waals surface area contributed by atoms with Crippen LogP contribution in [0.1, 0.15) is 53.3 Å². The summed E-state index contributed by atoms with van der Waals surface area (Å²) >= 11 is 0. The van der Waals surface area contributed by atoms with Crippen molar-refractivity contribution in [1.82, 2.24) is 10.9 Å². The van der Waals surface area contributed by atoms with Crippen molar-refractivity contribution in [2.75, 3.05) is 6.61 Å². The fourth-order valence-corrected chi connectivity index (χ4v) is 3.30. The van der Waals surface area contributed by atoms with Crippen molar-refractivity contribution < 1.29 is 31.5 Å². The number of carbonyl (C=O) groups is 2. The number of carbonyl (C=O) groups excluding carboxylic acids is 2. The predicted octanol–water partition coefficient (Wildman–Crippen LogP) is 3.72. The molecule has 0 unspecified atom stereocenters. The number of hydrogen-bond donors (Lipinski definition) is 2. The molecule has 2 aromatic carbocycles. The zero-order chi connectivity index (χ0) is 22.9. The average Bonchev–Trinajstić information content (AvgIpc) is 2.77. The van der Waals surface area contributed by atoms with Crippen LogP contribution in [0.25, 0.3) is 0 Å². The normalized spacial score (nSPS) is 11.2. The molecule has 0 aliphatic heterocycles. The second-order valence-corrected chi connectivity index (χ2v) is 8.59. The standard InChI is InChI=1S/C21H24F2N2O5S/c1-2-3-4-5-14-30-17-10-6-15(7-11-17)19(26)24-25-20(27)16-8-12-18(13-9-16)31(28,29)21(22)23/h6-13,21H,2-5,14H2,1H3,(H,24,26)(H,25,27). The van der Waals surface area contributed by atoms with Gasteiger partial charge in [0, 0.05) is 11.1 Å². The fourth-order valence-electron chi connectivity index (χ4n) is 2.58. The first-order chi connectivity index (χ1) is 14.8. The van der Waals surface area contributed by atoms with E-state index in [0.717, 1.165) is 49.9 Å². The van der Waals surface area contributed by atoms with E-state index in [1.165, 1.54) is 0 Å². The summed E-state index contributed by atoms with van der Waals surface area (Å²) < 4.78 is 53.5. The first kappa shape index (κ1) is 24.3. The lowest BCUT2D eigenvalue weighted by molar-refractivity contribution is 0.0846. The van der Waals surface area contributed by atoms with Crippen LogP contribution >= 0.6 is 0 Å². The van der Waals surface area contributed by atoms with Crippen LogP contribution in [0.4, 0.5) is 8.78 Å². The summed E-state index contributed by atoms with van der Waals surface area (Å²) in [6.45, 7) is 2.73. The summed E-state index contributed by atoms with van der Waals surface area (Å²) in [6, 6.07) is 10.3. The van der Waals surface area contributed by atoms with Gasteiger partial charge in [0.1, 0.15) is 5.75 Å². The molecule has 7 nitrogen and oxygen atoms in total. The van der Waals surface area contributed by atoms with Crippen LogP contribution in [0.3, 0.4) is 0 Å². The number of halogens is 2. The van der Waals surface area contributed by atoms with Crippen molar-refractivity contribution in [1.29, 1.82) is 0 Å². The van der Waals surface area contributed by atoms with E-state index in [2.05, 4.69) is 17.8 Å². The van der Waals surface area contributed by atoms with Gasteiger partial charge in [-0.05, 0) is 55.0 Å². The van der Waals surface area contributed by atoms with E-state index >= 15 is 0 Å². The smallest absolute Gasteiger partial charge is 0.341 e. The number of unbranched alkanes of at least 4 members (excludes halogenated alkanes) is 3. The minimum Gasteiger partial charge on any atom is -0.494 e. The molecule has 0 saturated carbocycles. The van der Waals surface area contributed by atoms with Crippen LogP contribution < -0.4 is 15.6 Å². The van der Waals surface area contributed by atoms with Crippen molar-refractivity contribution in [2.45, 2.75) is 43.3 Å². The second-order valence-electron chi connectivity index (χ2n) is 6.67. The largest absolute Gasteiger partial charge is 0.494 e. The summed E-state index contributed by atoms with van der Waals surface area (Å²) in [5.74, 6) is -4.22. The maximum Gasteiger partial charge on any atom is 0.341 e. The molecule has 2 N–H and O–H groups in total. The second kappa shape index (κ2) is 11.4. The molecule has 2 rings (SSSR count). The lowest BCUT2D eigenvalue weighted by Gasteiger charge is -2.09. The molecule has 0 aliphatic carbocycles. The quantitative estimate of drug-likeness (QED) is 0.421. The van der Waals surface area contributed by atoms with E-state index in [0.29, 0.717) is 12.4 Å². The minimum absolute atomic E-state index is 0.0136. The van der Waals surface area contributed by atoms with Crippen molar-refractivity contribution in [2.24, 2.45) is 0 Å². The Hall–Kier alpha value is -3.01. The monoisotopic (exact) mass is 454 g/mol. The number of hydrogen-bond acceptors (Lipinski definition) is 5. The van der Waals surface area contributed by atoms with Crippen molar-refractivity contribution in [3.63, 3.8) is 0 Å². The SMILES string of the molecule is CCCCCCOc1ccc(C(=O)NNC(=O)c2ccc(S(=O)(=O)C(F)F)cc2)cc1. The molecule has 0 aromatic heterocycles. The van der Waals surface area contributed by atoms with E-state index in [-0.39, 0.29) is 11.1 Å². The van der Waals surface area contributed by atoms with Gasteiger partial charge in [0.2, 0.25) is 9.84 Å². The summed E-state index contributed by atoms with van der Waals surface area (Å²) in [6.07, 6.45) is 4.36. The highest BCUT2D eigenvalue weighted by Crippen LogP contribution is 2.18. The van der Waals surface area contributed by atoms with E-state index in [9.17, 15) is 26.8 Å². The molecule has 0 fully saturated rings. The van der Waals surface area contributed by atoms with E-state index < -0.39 is 32.3 Å². The molecule has 0 atom stereocenters. The van der Waals surface area contributed by atoms with E-state index in [4.69, 9.17) is 4.74 Å². The molecule has 31 heavy (non-hydrogen) atoms. The van der Waals surface area contributed by atoms with Gasteiger partial charge in [0.05, 0.1) is 11.5 Å². The third kappa shape index (κ3) is 7.02. The first-order valence-electron chi connectivity index (χ1n) is 9.71. The third-order valence-corrected chi connectivity index (χ3v) is 5.75. The number of amides is 2. The molecule has 2 aromatic rings. The highest BCUT2D eigenvalue weighted by Gasteiger charge is 2.26. The molecular weight excluding hydrogens is 430 g/mol. The number of sulfone groups is 1. The van der Waals surface area contributed by atoms with Crippen molar-refractivity contribution in [3.05, 3.63) is 59.7 Å². The highest BCUT2D eigenvalue weighted by molar-refractivity contribution is 7.91. The zero-order valence-electron chi connectivity index (χ0n) is 16.9. The molecule has 0 saturated heterocycles. The van der Waals surface area contributed by atoms with Crippen molar-refractivity contribution in [3.8, 4) is 5.75 Å². The maximum absolute atomic E-state index is 12.5. The number of nitrogens with one attached hydrogen (secondary N) is 2. The maximum atomic E-state index is 12.5. The van der Waals surface area contributed by atoms with E-state index in [1.54, 1.807) is 24.3 Å². The molecule has 0 bridgehead atoms. The zero-order valence-corrected chi connectivity index (χ0v) is 17.8. The Bertz CT molecular complexity index is 978. The topological polar surface area (TPSA) is 102 Å². The van der Waals surface area contributed by atoms with Crippen molar-refractivity contribution >= 4 is 21.7 Å². The fraction of sp³-hybridized carbons (Fsp3) is 0.333. The summed E-state index contributed by atoms with van der Waals surface area (Å²) in [4.78, 5) is 23.6. The Morgan fingerprint density at radius 1 is 0.871 bits per heavy atom. The summed E-state index contributed by atoms with van der Waals surface area (Å²) in [5, 5.41) is 0. The van der Waals surface area contributed by atoms with Crippen LogP contribution in [0.2, 0.25) is 0 Å². The van der Waals surface area contributed by atoms with Gasteiger partial charge >= 0.3 is 5.76 Å². The van der Waals surface area contributed by atoms with Gasteiger partial charge in [-0.15, -0.1) is 0 Å². The Morgan fingerprint density at radius 2 is 1.39 bits per heavy atom. The first-order valence-corrected chi connectivity index (χ1v) is 11.3. The lowest BCUT2D eigenvalue weighted by atomic mass is 10.2. The van der Waals surface area contributed by atoms with Gasteiger partial charge in [0.15, 0.2) is 0 Å². The van der Waals surface area contributed by atoms with Crippen LogP contribution in [-0.4, -0.2) is 32.6 Å². The van der Waals surface area contributed by atoms with Crippen LogP contribution in [0, 0.1) is 0 Å². The van der Waals surface area contributed by atoms with Crippen LogP contribution in [-0.2, 0) is 9.84 Å². The van der Waals surface area contributed by atoms with Crippen LogP contribution in [0.5, 0.6) is 5.75 Å². The summed E-state index contributed by atoms with van der Waals surface area (Å²) in [5.41, 5.74) is 4.68. The third-order valence-electron chi connectivity index (χ3n) is 4.35. The van der Waals surface area contributed by atoms with Crippen LogP contribution in [0.15, 0.2) is 53.4 Å². The minimum atomic E-state index is -4.74.